The highest BCUT2D eigenvalue weighted by Gasteiger charge is 2.29. The van der Waals surface area contributed by atoms with Crippen LogP contribution in [0.4, 0.5) is 0 Å². The minimum absolute atomic E-state index is 0.200. The molecule has 0 bridgehead atoms. The first-order valence-electron chi connectivity index (χ1n) is 8.16. The van der Waals surface area contributed by atoms with E-state index in [1.54, 1.807) is 6.20 Å². The van der Waals surface area contributed by atoms with Gasteiger partial charge < -0.3 is 4.74 Å². The lowest BCUT2D eigenvalue weighted by atomic mass is 9.98. The van der Waals surface area contributed by atoms with Crippen molar-refractivity contribution in [2.45, 2.75) is 24.3 Å². The number of esters is 1. The Bertz CT molecular complexity index is 808. The van der Waals surface area contributed by atoms with Crippen LogP contribution in [0.3, 0.4) is 0 Å². The molecule has 0 atom stereocenters. The molecule has 1 aromatic heterocycles. The zero-order chi connectivity index (χ0) is 17.9. The molecule has 0 aliphatic carbocycles. The van der Waals surface area contributed by atoms with Gasteiger partial charge in [0.2, 0.25) is 10.0 Å². The van der Waals surface area contributed by atoms with Gasteiger partial charge in [-0.05, 0) is 49.1 Å². The molecule has 1 fully saturated rings. The van der Waals surface area contributed by atoms with E-state index in [0.717, 1.165) is 19.4 Å². The minimum atomic E-state index is -3.54. The van der Waals surface area contributed by atoms with Crippen LogP contribution in [0.25, 0.3) is 0 Å². The Hall–Kier alpha value is -2.19. The van der Waals surface area contributed by atoms with Crippen LogP contribution in [0.2, 0.25) is 0 Å². The summed E-state index contributed by atoms with van der Waals surface area (Å²) >= 11 is 0. The van der Waals surface area contributed by atoms with Crippen molar-refractivity contribution < 1.29 is 17.9 Å². The normalized spacial score (nSPS) is 16.7. The lowest BCUT2D eigenvalue weighted by Crippen LogP contribution is -2.39. The number of hydrogen-bond acceptors (Lipinski definition) is 5. The predicted octanol–water partition coefficient (Wildman–Crippen LogP) is 1.77. The van der Waals surface area contributed by atoms with Crippen molar-refractivity contribution in [3.05, 3.63) is 48.3 Å². The molecule has 2 aromatic rings. The van der Waals surface area contributed by atoms with E-state index in [1.165, 1.54) is 35.7 Å². The van der Waals surface area contributed by atoms with Crippen LogP contribution >= 0.6 is 0 Å². The van der Waals surface area contributed by atoms with E-state index in [9.17, 15) is 13.2 Å². The second kappa shape index (κ2) is 7.37. The fourth-order valence-electron chi connectivity index (χ4n) is 3.04. The lowest BCUT2D eigenvalue weighted by Gasteiger charge is -2.31. The average molecular weight is 363 g/mol. The fourth-order valence-corrected chi connectivity index (χ4v) is 4.50. The third-order valence-electron chi connectivity index (χ3n) is 4.49. The van der Waals surface area contributed by atoms with E-state index < -0.39 is 16.0 Å². The van der Waals surface area contributed by atoms with Gasteiger partial charge in [0.25, 0.3) is 0 Å². The Morgan fingerprint density at radius 2 is 1.92 bits per heavy atom. The van der Waals surface area contributed by atoms with Gasteiger partial charge in [-0.15, -0.1) is 0 Å². The maximum absolute atomic E-state index is 12.8. The summed E-state index contributed by atoms with van der Waals surface area (Å²) in [6.07, 6.45) is 5.28. The van der Waals surface area contributed by atoms with Crippen molar-refractivity contribution in [1.82, 2.24) is 14.1 Å². The molecule has 0 spiro atoms. The highest BCUT2D eigenvalue weighted by molar-refractivity contribution is 7.89. The Labute approximate surface area is 147 Å². The van der Waals surface area contributed by atoms with Gasteiger partial charge in [0.1, 0.15) is 0 Å². The number of methoxy groups -OCH3 is 1. The van der Waals surface area contributed by atoms with Gasteiger partial charge in [-0.2, -0.15) is 9.40 Å². The molecular formula is C17H21N3O4S. The molecule has 134 valence electrons. The molecule has 1 aliphatic heterocycles. The predicted molar refractivity (Wildman–Crippen MR) is 91.5 cm³/mol. The number of benzene rings is 1. The van der Waals surface area contributed by atoms with Crippen LogP contribution in [-0.2, 0) is 21.3 Å². The summed E-state index contributed by atoms with van der Waals surface area (Å²) in [6.45, 7) is 1.80. The third-order valence-corrected chi connectivity index (χ3v) is 6.40. The summed E-state index contributed by atoms with van der Waals surface area (Å²) in [5.41, 5.74) is 0.333. The molecule has 0 saturated carbocycles. The first-order valence-corrected chi connectivity index (χ1v) is 9.60. The zero-order valence-corrected chi connectivity index (χ0v) is 14.9. The van der Waals surface area contributed by atoms with Crippen molar-refractivity contribution in [2.75, 3.05) is 20.2 Å². The summed E-state index contributed by atoms with van der Waals surface area (Å²) in [7, 11) is -2.25. The molecule has 8 heteroatoms. The number of sulfonamides is 1. The number of rotatable bonds is 5. The molecule has 0 radical (unpaired) electrons. The topological polar surface area (TPSA) is 81.5 Å². The minimum Gasteiger partial charge on any atom is -0.465 e. The first kappa shape index (κ1) is 17.6. The van der Waals surface area contributed by atoms with Crippen LogP contribution < -0.4 is 0 Å². The number of piperidine rings is 1. The molecule has 0 amide bonds. The highest BCUT2D eigenvalue weighted by atomic mass is 32.2. The number of carbonyl (C=O) groups excluding carboxylic acids is 1. The van der Waals surface area contributed by atoms with E-state index in [-0.39, 0.29) is 4.90 Å². The number of hydrogen-bond donors (Lipinski definition) is 0. The summed E-state index contributed by atoms with van der Waals surface area (Å²) in [4.78, 5) is 11.7. The second-order valence-electron chi connectivity index (χ2n) is 6.09. The summed E-state index contributed by atoms with van der Waals surface area (Å²) < 4.78 is 33.5. The largest absolute Gasteiger partial charge is 0.465 e. The molecule has 2 heterocycles. The van der Waals surface area contributed by atoms with E-state index in [1.807, 2.05) is 16.9 Å². The Balaban J connectivity index is 1.64. The summed E-state index contributed by atoms with van der Waals surface area (Å²) in [5.74, 6) is -0.0589. The molecule has 1 aromatic carbocycles. The third kappa shape index (κ3) is 3.91. The van der Waals surface area contributed by atoms with E-state index in [4.69, 9.17) is 0 Å². The van der Waals surface area contributed by atoms with Gasteiger partial charge in [-0.25, -0.2) is 13.2 Å². The smallest absolute Gasteiger partial charge is 0.337 e. The van der Waals surface area contributed by atoms with Gasteiger partial charge in [0.05, 0.1) is 17.6 Å². The van der Waals surface area contributed by atoms with Crippen LogP contribution in [0.1, 0.15) is 23.2 Å². The maximum Gasteiger partial charge on any atom is 0.337 e. The van der Waals surface area contributed by atoms with Gasteiger partial charge in [0, 0.05) is 32.0 Å². The van der Waals surface area contributed by atoms with E-state index in [0.29, 0.717) is 24.6 Å². The Kier molecular flexibility index (Phi) is 5.19. The molecule has 25 heavy (non-hydrogen) atoms. The number of aromatic nitrogens is 2. The van der Waals surface area contributed by atoms with Crippen LogP contribution in [-0.4, -0.2) is 48.7 Å². The summed E-state index contributed by atoms with van der Waals surface area (Å²) in [6, 6.07) is 7.75. The molecule has 0 unspecified atom stereocenters. The number of ether oxygens (including phenoxy) is 1. The standard InChI is InChI=1S/C17H21N3O4S/c1-24-17(21)15-3-5-16(6-4-15)25(22,23)20-11-7-14(8-12-20)13-19-10-2-9-18-19/h2-6,9-10,14H,7-8,11-13H2,1H3. The second-order valence-corrected chi connectivity index (χ2v) is 8.03. The van der Waals surface area contributed by atoms with Gasteiger partial charge in [-0.3, -0.25) is 4.68 Å². The molecule has 7 nitrogen and oxygen atoms in total. The van der Waals surface area contributed by atoms with Crippen molar-refractivity contribution in [3.63, 3.8) is 0 Å². The molecular weight excluding hydrogens is 342 g/mol. The van der Waals surface area contributed by atoms with Gasteiger partial charge in [0.15, 0.2) is 0 Å². The van der Waals surface area contributed by atoms with Crippen molar-refractivity contribution in [1.29, 1.82) is 0 Å². The van der Waals surface area contributed by atoms with Crippen LogP contribution in [0.15, 0.2) is 47.6 Å². The number of carbonyl (C=O) groups is 1. The van der Waals surface area contributed by atoms with Crippen LogP contribution in [0.5, 0.6) is 0 Å². The Morgan fingerprint density at radius 3 is 2.48 bits per heavy atom. The van der Waals surface area contributed by atoms with Gasteiger partial charge in [-0.1, -0.05) is 0 Å². The van der Waals surface area contributed by atoms with Crippen molar-refractivity contribution >= 4 is 16.0 Å². The molecule has 1 aliphatic rings. The van der Waals surface area contributed by atoms with E-state index in [2.05, 4.69) is 9.84 Å². The van der Waals surface area contributed by atoms with Crippen molar-refractivity contribution in [2.24, 2.45) is 5.92 Å². The van der Waals surface area contributed by atoms with Gasteiger partial charge >= 0.3 is 5.97 Å². The van der Waals surface area contributed by atoms with Crippen LogP contribution in [0, 0.1) is 5.92 Å². The maximum atomic E-state index is 12.8. The lowest BCUT2D eigenvalue weighted by molar-refractivity contribution is 0.0600. The molecule has 1 saturated heterocycles. The first-order chi connectivity index (χ1) is 12.0. The van der Waals surface area contributed by atoms with E-state index >= 15 is 0 Å². The number of nitrogens with zero attached hydrogens (tertiary/aromatic N) is 3. The average Bonchev–Trinajstić information content (AvgIpc) is 3.14. The molecule has 3 rings (SSSR count). The fraction of sp³-hybridized carbons (Fsp3) is 0.412. The monoisotopic (exact) mass is 363 g/mol. The highest BCUT2D eigenvalue weighted by Crippen LogP contribution is 2.25. The Morgan fingerprint density at radius 1 is 1.24 bits per heavy atom. The molecule has 0 N–H and O–H groups in total. The summed E-state index contributed by atoms with van der Waals surface area (Å²) in [5, 5.41) is 4.20. The van der Waals surface area contributed by atoms with Crippen molar-refractivity contribution in [3.8, 4) is 0 Å². The quantitative estimate of drug-likeness (QED) is 0.756. The zero-order valence-electron chi connectivity index (χ0n) is 14.0. The SMILES string of the molecule is COC(=O)c1ccc(S(=O)(=O)N2CCC(Cn3cccn3)CC2)cc1.